The van der Waals surface area contributed by atoms with Gasteiger partial charge >= 0.3 is 0 Å². The van der Waals surface area contributed by atoms with Gasteiger partial charge in [0.1, 0.15) is 23.3 Å². The second kappa shape index (κ2) is 7.62. The van der Waals surface area contributed by atoms with Crippen molar-refractivity contribution in [2.24, 2.45) is 0 Å². The first-order valence-corrected chi connectivity index (χ1v) is 12.4. The summed E-state index contributed by atoms with van der Waals surface area (Å²) in [4.78, 5) is 18.2. The number of carbonyl (C=O) groups is 1. The van der Waals surface area contributed by atoms with Gasteiger partial charge in [-0.2, -0.15) is 0 Å². The van der Waals surface area contributed by atoms with E-state index in [4.69, 9.17) is 9.15 Å². The molecular weight excluding hydrogens is 442 g/mol. The van der Waals surface area contributed by atoms with Crippen LogP contribution in [0.2, 0.25) is 0 Å². The number of amides is 1. The number of furan rings is 1. The standard InChI is InChI=1S/C24H25N3O5S/c1-14-10-15(2)21(25-12-14)22(19-7-4-16(3)32-19)26-23(28)24(8-9-24)17-5-6-18-20(11-17)31-13-33(29,30)27-18/h4-7,10-12,22,27H,8-9,13H2,1-3H3,(H,26,28). The highest BCUT2D eigenvalue weighted by Gasteiger charge is 2.52. The molecule has 0 spiro atoms. The van der Waals surface area contributed by atoms with Gasteiger partial charge in [-0.3, -0.25) is 14.5 Å². The molecule has 9 heteroatoms. The normalized spacial score (nSPS) is 18.4. The van der Waals surface area contributed by atoms with E-state index in [-0.39, 0.29) is 5.91 Å². The van der Waals surface area contributed by atoms with Crippen molar-refractivity contribution in [3.8, 4) is 5.75 Å². The predicted molar refractivity (Wildman–Crippen MR) is 123 cm³/mol. The number of sulfonamides is 1. The van der Waals surface area contributed by atoms with Gasteiger partial charge in [-0.1, -0.05) is 12.1 Å². The summed E-state index contributed by atoms with van der Waals surface area (Å²) in [7, 11) is -3.50. The number of rotatable bonds is 5. The van der Waals surface area contributed by atoms with Crippen LogP contribution in [-0.4, -0.2) is 25.2 Å². The molecular formula is C24H25N3O5S. The first-order valence-electron chi connectivity index (χ1n) is 10.8. The number of hydrogen-bond donors (Lipinski definition) is 2. The van der Waals surface area contributed by atoms with Gasteiger partial charge in [-0.05, 0) is 74.6 Å². The van der Waals surface area contributed by atoms with Gasteiger partial charge in [0, 0.05) is 6.20 Å². The summed E-state index contributed by atoms with van der Waals surface area (Å²) in [6.45, 7) is 5.81. The van der Waals surface area contributed by atoms with Crippen LogP contribution in [-0.2, 0) is 20.2 Å². The zero-order valence-electron chi connectivity index (χ0n) is 18.6. The highest BCUT2D eigenvalue weighted by molar-refractivity contribution is 7.92. The molecule has 33 heavy (non-hydrogen) atoms. The first kappa shape index (κ1) is 21.5. The van der Waals surface area contributed by atoms with Gasteiger partial charge in [0.2, 0.25) is 11.8 Å². The van der Waals surface area contributed by atoms with Crippen molar-refractivity contribution in [2.75, 3.05) is 10.7 Å². The fourth-order valence-corrected chi connectivity index (χ4v) is 5.16. The van der Waals surface area contributed by atoms with Gasteiger partial charge < -0.3 is 14.5 Å². The number of fused-ring (bicyclic) bond motifs is 1. The molecule has 1 saturated carbocycles. The zero-order chi connectivity index (χ0) is 23.4. The lowest BCUT2D eigenvalue weighted by atomic mass is 9.93. The molecule has 1 fully saturated rings. The summed E-state index contributed by atoms with van der Waals surface area (Å²) in [5.74, 6) is 1.24. The Kier molecular flexibility index (Phi) is 4.97. The highest BCUT2D eigenvalue weighted by Crippen LogP contribution is 2.50. The number of benzene rings is 1. The summed E-state index contributed by atoms with van der Waals surface area (Å²) in [5, 5.41) is 3.17. The third-order valence-corrected chi connectivity index (χ3v) is 7.16. The average molecular weight is 468 g/mol. The number of nitrogens with zero attached hydrogens (tertiary/aromatic N) is 1. The molecule has 0 radical (unpaired) electrons. The molecule has 1 aliphatic carbocycles. The molecule has 0 bridgehead atoms. The van der Waals surface area contributed by atoms with Crippen molar-refractivity contribution < 1.29 is 22.4 Å². The fourth-order valence-electron chi connectivity index (χ4n) is 4.31. The summed E-state index contributed by atoms with van der Waals surface area (Å²) in [6.07, 6.45) is 3.16. The average Bonchev–Trinajstić information content (AvgIpc) is 3.46. The van der Waals surface area contributed by atoms with Crippen molar-refractivity contribution in [1.29, 1.82) is 0 Å². The van der Waals surface area contributed by atoms with E-state index >= 15 is 0 Å². The molecule has 172 valence electrons. The molecule has 1 amide bonds. The number of ether oxygens (including phenoxy) is 1. The fraction of sp³-hybridized carbons (Fsp3) is 0.333. The molecule has 1 aromatic carbocycles. The molecule has 3 heterocycles. The topological polar surface area (TPSA) is 111 Å². The van der Waals surface area contributed by atoms with Crippen LogP contribution in [0.25, 0.3) is 0 Å². The van der Waals surface area contributed by atoms with Gasteiger partial charge in [0.15, 0.2) is 0 Å². The second-order valence-electron chi connectivity index (χ2n) is 8.84. The minimum atomic E-state index is -3.50. The third-order valence-electron chi connectivity index (χ3n) is 6.20. The quantitative estimate of drug-likeness (QED) is 0.593. The molecule has 1 unspecified atom stereocenters. The molecule has 2 aliphatic rings. The Morgan fingerprint density at radius 2 is 1.94 bits per heavy atom. The maximum Gasteiger partial charge on any atom is 0.268 e. The first-order chi connectivity index (χ1) is 15.7. The molecule has 2 aromatic heterocycles. The molecule has 1 atom stereocenters. The predicted octanol–water partition coefficient (Wildman–Crippen LogP) is 3.63. The number of hydrogen-bond acceptors (Lipinski definition) is 6. The van der Waals surface area contributed by atoms with Crippen LogP contribution in [0.4, 0.5) is 5.69 Å². The number of anilines is 1. The van der Waals surface area contributed by atoms with E-state index in [9.17, 15) is 13.2 Å². The summed E-state index contributed by atoms with van der Waals surface area (Å²) < 4.78 is 37.3. The van der Waals surface area contributed by atoms with Gasteiger partial charge in [-0.15, -0.1) is 0 Å². The van der Waals surface area contributed by atoms with Crippen LogP contribution in [0.3, 0.4) is 0 Å². The van der Waals surface area contributed by atoms with Crippen LogP contribution in [0, 0.1) is 20.8 Å². The Bertz CT molecular complexity index is 1360. The van der Waals surface area contributed by atoms with Crippen LogP contribution in [0.5, 0.6) is 5.75 Å². The maximum absolute atomic E-state index is 13.6. The monoisotopic (exact) mass is 467 g/mol. The summed E-state index contributed by atoms with van der Waals surface area (Å²) in [6, 6.07) is 10.4. The largest absolute Gasteiger partial charge is 0.474 e. The van der Waals surface area contributed by atoms with Crippen LogP contribution in [0.1, 0.15) is 52.8 Å². The Balaban J connectivity index is 1.46. The smallest absolute Gasteiger partial charge is 0.268 e. The maximum atomic E-state index is 13.6. The lowest BCUT2D eigenvalue weighted by Crippen LogP contribution is -2.38. The van der Waals surface area contributed by atoms with Gasteiger partial charge in [-0.25, -0.2) is 8.42 Å². The van der Waals surface area contributed by atoms with Crippen molar-refractivity contribution in [3.05, 3.63) is 76.5 Å². The second-order valence-corrected chi connectivity index (χ2v) is 10.5. The SMILES string of the molecule is Cc1cnc(C(NC(=O)C2(c3ccc4c(c3)OCS(=O)(=O)N4)CC2)c2ccc(C)o2)c(C)c1. The van der Waals surface area contributed by atoms with E-state index in [2.05, 4.69) is 15.0 Å². The minimum Gasteiger partial charge on any atom is -0.474 e. The van der Waals surface area contributed by atoms with Gasteiger partial charge in [0.25, 0.3) is 10.0 Å². The third kappa shape index (κ3) is 3.97. The van der Waals surface area contributed by atoms with Crippen LogP contribution >= 0.6 is 0 Å². The van der Waals surface area contributed by atoms with E-state index < -0.39 is 27.4 Å². The summed E-state index contributed by atoms with van der Waals surface area (Å²) in [5.41, 5.74) is 3.22. The van der Waals surface area contributed by atoms with Crippen LogP contribution in [0.15, 0.2) is 47.0 Å². The molecule has 8 nitrogen and oxygen atoms in total. The highest BCUT2D eigenvalue weighted by atomic mass is 32.2. The lowest BCUT2D eigenvalue weighted by molar-refractivity contribution is -0.124. The van der Waals surface area contributed by atoms with E-state index in [1.165, 1.54) is 0 Å². The number of nitrogens with one attached hydrogen (secondary N) is 2. The number of carbonyl (C=O) groups excluding carboxylic acids is 1. The van der Waals surface area contributed by atoms with E-state index in [1.807, 2.05) is 39.0 Å². The molecule has 5 rings (SSSR count). The van der Waals surface area contributed by atoms with E-state index in [0.29, 0.717) is 30.0 Å². The Labute approximate surface area is 192 Å². The van der Waals surface area contributed by atoms with Crippen molar-refractivity contribution in [3.63, 3.8) is 0 Å². The van der Waals surface area contributed by atoms with E-state index in [1.54, 1.807) is 24.4 Å². The van der Waals surface area contributed by atoms with E-state index in [0.717, 1.165) is 28.1 Å². The lowest BCUT2D eigenvalue weighted by Gasteiger charge is -2.24. The van der Waals surface area contributed by atoms with Crippen molar-refractivity contribution in [1.82, 2.24) is 10.3 Å². The Morgan fingerprint density at radius 1 is 1.15 bits per heavy atom. The molecule has 1 aliphatic heterocycles. The number of aryl methyl sites for hydroxylation is 3. The number of aromatic nitrogens is 1. The number of pyridine rings is 1. The zero-order valence-corrected chi connectivity index (χ0v) is 19.5. The molecule has 2 N–H and O–H groups in total. The minimum absolute atomic E-state index is 0.125. The van der Waals surface area contributed by atoms with Crippen LogP contribution < -0.4 is 14.8 Å². The Morgan fingerprint density at radius 3 is 2.61 bits per heavy atom. The Hall–Kier alpha value is -3.33. The van der Waals surface area contributed by atoms with Gasteiger partial charge in [0.05, 0.1) is 16.8 Å². The van der Waals surface area contributed by atoms with Crippen molar-refractivity contribution >= 4 is 21.6 Å². The molecule has 0 saturated heterocycles. The van der Waals surface area contributed by atoms with Crippen molar-refractivity contribution in [2.45, 2.75) is 45.1 Å². The molecule has 3 aromatic rings. The summed E-state index contributed by atoms with van der Waals surface area (Å²) >= 11 is 0.